The summed E-state index contributed by atoms with van der Waals surface area (Å²) in [6.45, 7) is 34.9. The number of Topliss-reactive ketones (excluding diaryl/α,β-unsaturated/α-hetero) is 1. The summed E-state index contributed by atoms with van der Waals surface area (Å²) in [6, 6.07) is 13.1. The van der Waals surface area contributed by atoms with E-state index in [-0.39, 0.29) is 5.78 Å². The molecule has 0 bridgehead atoms. The Bertz CT molecular complexity index is 1210. The second-order valence-electron chi connectivity index (χ2n) is 12.6. The number of aliphatic imine (C=N–C) groups is 2. The minimum Gasteiger partial charge on any atom is -0.452 e. The van der Waals surface area contributed by atoms with Crippen LogP contribution in [-0.2, 0) is 0 Å². The smallest absolute Gasteiger partial charge is 0.288 e. The molecule has 6 heteroatoms. The number of ether oxygens (including phenoxy) is 1. The first-order valence-electron chi connectivity index (χ1n) is 20.7. The Morgan fingerprint density at radius 2 is 1.15 bits per heavy atom. The highest BCUT2D eigenvalue weighted by molar-refractivity contribution is 14.1. The third-order valence-electron chi connectivity index (χ3n) is 7.40. The monoisotopic (exact) mass is 867 g/mol. The van der Waals surface area contributed by atoms with E-state index in [2.05, 4.69) is 65.4 Å². The Labute approximate surface area is 349 Å². The van der Waals surface area contributed by atoms with Gasteiger partial charge in [0.2, 0.25) is 0 Å². The minimum atomic E-state index is -1.34. The standard InChI is InChI=1S/C17H20FIN2O.C10H12O.C7H16.3C4H10.C2H6/c1-5-10-20-13(3)14(4)21-11-12(2)15-6-8-16(9-7-15)22-17(18)19;1-7-4-5-10(9(3)11)8(2)6-7;1-3-5-7-6-4-2;3*1-3-4-2;1-2/h5-11,17H,1-4H3;4-6H,1-3H3;3-7H2,1-2H3;3*3-4H2,1-2H3;1-2H3/b10-5-,12-11+,20-13?,21-14?;;;;;;. The second-order valence-corrected chi connectivity index (χ2v) is 13.5. The molecule has 0 saturated heterocycles. The average molecular weight is 867 g/mol. The molecular formula is C48H84FIN2O2. The summed E-state index contributed by atoms with van der Waals surface area (Å²) in [6.07, 6.45) is 20.3. The van der Waals surface area contributed by atoms with Gasteiger partial charge in [-0.2, -0.15) is 4.39 Å². The van der Waals surface area contributed by atoms with Crippen molar-refractivity contribution in [2.45, 2.75) is 193 Å². The molecule has 2 rings (SSSR count). The number of benzene rings is 2. The lowest BCUT2D eigenvalue weighted by Crippen LogP contribution is -2.04. The van der Waals surface area contributed by atoms with Crippen molar-refractivity contribution in [3.05, 3.63) is 83.2 Å². The minimum absolute atomic E-state index is 0.141. The van der Waals surface area contributed by atoms with Crippen molar-refractivity contribution in [2.24, 2.45) is 9.98 Å². The molecule has 2 aromatic carbocycles. The van der Waals surface area contributed by atoms with Gasteiger partial charge in [-0.15, -0.1) is 0 Å². The van der Waals surface area contributed by atoms with Gasteiger partial charge >= 0.3 is 0 Å². The van der Waals surface area contributed by atoms with E-state index in [4.69, 9.17) is 4.74 Å². The molecule has 1 unspecified atom stereocenters. The van der Waals surface area contributed by atoms with Crippen molar-refractivity contribution in [3.8, 4) is 5.75 Å². The normalized spacial score (nSPS) is 11.2. The molecule has 312 valence electrons. The fraction of sp³-hybridized carbons (Fsp3) is 0.604. The van der Waals surface area contributed by atoms with E-state index in [0.29, 0.717) is 5.75 Å². The number of unbranched alkanes of at least 4 members (excludes halogenated alkanes) is 7. The number of ketones is 1. The lowest BCUT2D eigenvalue weighted by molar-refractivity contribution is 0.101. The van der Waals surface area contributed by atoms with Crippen LogP contribution in [0.3, 0.4) is 0 Å². The van der Waals surface area contributed by atoms with Crippen LogP contribution in [0.15, 0.2) is 70.9 Å². The molecule has 4 nitrogen and oxygen atoms in total. The van der Waals surface area contributed by atoms with Crippen LogP contribution >= 0.6 is 22.6 Å². The summed E-state index contributed by atoms with van der Waals surface area (Å²) in [5.41, 5.74) is 6.86. The molecule has 0 spiro atoms. The molecule has 0 aliphatic carbocycles. The molecule has 0 amide bonds. The first-order chi connectivity index (χ1) is 25.7. The Morgan fingerprint density at radius 3 is 1.50 bits per heavy atom. The molecular weight excluding hydrogens is 782 g/mol. The third kappa shape index (κ3) is 42.1. The number of rotatable bonds is 14. The third-order valence-corrected chi connectivity index (χ3v) is 7.65. The number of carbonyl (C=O) groups excluding carboxylic acids is 1. The van der Waals surface area contributed by atoms with Gasteiger partial charge in [-0.25, -0.2) is 0 Å². The topological polar surface area (TPSA) is 51.0 Å². The van der Waals surface area contributed by atoms with Crippen molar-refractivity contribution in [3.63, 3.8) is 0 Å². The predicted molar refractivity (Wildman–Crippen MR) is 254 cm³/mol. The molecule has 0 fully saturated rings. The molecule has 0 N–H and O–H groups in total. The fourth-order valence-electron chi connectivity index (χ4n) is 3.43. The van der Waals surface area contributed by atoms with Crippen LogP contribution in [0.4, 0.5) is 4.39 Å². The zero-order valence-corrected chi connectivity index (χ0v) is 40.3. The molecule has 2 aromatic rings. The van der Waals surface area contributed by atoms with Gasteiger partial charge in [-0.05, 0) is 77.3 Å². The number of halogens is 2. The van der Waals surface area contributed by atoms with Crippen LogP contribution < -0.4 is 4.74 Å². The van der Waals surface area contributed by atoms with Gasteiger partial charge in [0.25, 0.3) is 4.36 Å². The van der Waals surface area contributed by atoms with E-state index in [1.165, 1.54) is 76.2 Å². The van der Waals surface area contributed by atoms with Gasteiger partial charge in [-0.3, -0.25) is 14.8 Å². The van der Waals surface area contributed by atoms with Crippen molar-refractivity contribution >= 4 is 45.4 Å². The second kappa shape index (κ2) is 46.5. The number of hydrogen-bond donors (Lipinski definition) is 0. The van der Waals surface area contributed by atoms with Crippen LogP contribution in [0.5, 0.6) is 5.75 Å². The van der Waals surface area contributed by atoms with E-state index in [1.54, 1.807) is 54.0 Å². The van der Waals surface area contributed by atoms with E-state index >= 15 is 0 Å². The summed E-state index contributed by atoms with van der Waals surface area (Å²) in [7, 11) is 0. The van der Waals surface area contributed by atoms with Gasteiger partial charge in [-0.1, -0.05) is 182 Å². The number of hydrogen-bond acceptors (Lipinski definition) is 4. The maximum Gasteiger partial charge on any atom is 0.288 e. The van der Waals surface area contributed by atoms with E-state index in [1.807, 2.05) is 91.8 Å². The summed E-state index contributed by atoms with van der Waals surface area (Å²) < 4.78 is 16.4. The Kier molecular flexibility index (Phi) is 52.3. The van der Waals surface area contributed by atoms with Gasteiger partial charge < -0.3 is 4.74 Å². The zero-order chi connectivity index (χ0) is 42.7. The summed E-state index contributed by atoms with van der Waals surface area (Å²) >= 11 is 1.57. The molecule has 54 heavy (non-hydrogen) atoms. The van der Waals surface area contributed by atoms with E-state index in [0.717, 1.165) is 33.7 Å². The maximum absolute atomic E-state index is 12.7. The lowest BCUT2D eigenvalue weighted by atomic mass is 10.0. The number of nitrogens with zero attached hydrogens (tertiary/aromatic N) is 2. The lowest BCUT2D eigenvalue weighted by Gasteiger charge is -2.06. The highest BCUT2D eigenvalue weighted by atomic mass is 127. The van der Waals surface area contributed by atoms with Crippen LogP contribution in [0.1, 0.15) is 202 Å². The van der Waals surface area contributed by atoms with Gasteiger partial charge in [0.1, 0.15) is 5.75 Å². The SMILES string of the molecule is C/C=C\N=C(C)C(C)=N/C=C(\C)c1ccc(OC(F)I)cc1.CC.CC(=O)c1ccc(C)cc1C.CCCC.CCCC.CCCC.CCCCCCC. The molecule has 0 aromatic heterocycles. The summed E-state index contributed by atoms with van der Waals surface area (Å²) in [5, 5.41) is 0. The number of carbonyl (C=O) groups is 1. The first kappa shape index (κ1) is 60.6. The average Bonchev–Trinajstić information content (AvgIpc) is 3.17. The number of allylic oxidation sites excluding steroid dienone is 2. The van der Waals surface area contributed by atoms with Gasteiger partial charge in [0.05, 0.1) is 11.4 Å². The largest absolute Gasteiger partial charge is 0.452 e. The predicted octanol–water partition coefficient (Wildman–Crippen LogP) is 17.5. The fourth-order valence-corrected chi connectivity index (χ4v) is 3.72. The van der Waals surface area contributed by atoms with Crippen LogP contribution in [0, 0.1) is 13.8 Å². The van der Waals surface area contributed by atoms with Crippen molar-refractivity contribution in [1.29, 1.82) is 0 Å². The maximum atomic E-state index is 12.7. The molecule has 0 radical (unpaired) electrons. The van der Waals surface area contributed by atoms with E-state index in [9.17, 15) is 9.18 Å². The van der Waals surface area contributed by atoms with Crippen LogP contribution in [-0.4, -0.2) is 21.6 Å². The first-order valence-corrected chi connectivity index (χ1v) is 22.0. The Hall–Kier alpha value is -2.61. The zero-order valence-electron chi connectivity index (χ0n) is 38.1. The summed E-state index contributed by atoms with van der Waals surface area (Å²) in [5.74, 6) is 0.648. The highest BCUT2D eigenvalue weighted by Gasteiger charge is 2.03. The Balaban J connectivity index is -0.000000207. The van der Waals surface area contributed by atoms with E-state index < -0.39 is 4.36 Å². The number of aryl methyl sites for hydroxylation is 2. The van der Waals surface area contributed by atoms with Gasteiger partial charge in [0.15, 0.2) is 5.78 Å². The molecule has 0 saturated carbocycles. The molecule has 1 atom stereocenters. The van der Waals surface area contributed by atoms with Gasteiger partial charge in [0, 0.05) is 40.6 Å². The highest BCUT2D eigenvalue weighted by Crippen LogP contribution is 2.21. The molecule has 0 heterocycles. The molecule has 0 aliphatic rings. The Morgan fingerprint density at radius 1 is 0.704 bits per heavy atom. The van der Waals surface area contributed by atoms with Crippen LogP contribution in [0.2, 0.25) is 0 Å². The van der Waals surface area contributed by atoms with Crippen molar-refractivity contribution < 1.29 is 13.9 Å². The number of alkyl halides is 2. The van der Waals surface area contributed by atoms with Crippen molar-refractivity contribution in [2.75, 3.05) is 0 Å². The van der Waals surface area contributed by atoms with Crippen molar-refractivity contribution in [1.82, 2.24) is 0 Å². The summed E-state index contributed by atoms with van der Waals surface area (Å²) in [4.78, 5) is 19.7. The van der Waals surface area contributed by atoms with Crippen LogP contribution in [0.25, 0.3) is 5.57 Å². The quantitative estimate of drug-likeness (QED) is 0.0624. The molecule has 0 aliphatic heterocycles.